The summed E-state index contributed by atoms with van der Waals surface area (Å²) in [5.41, 5.74) is 11.9. The number of nitrogen functional groups attached to an aromatic ring is 1. The van der Waals surface area contributed by atoms with Crippen LogP contribution in [0.3, 0.4) is 0 Å². The Hall–Kier alpha value is -3.72. The number of amides is 2. The van der Waals surface area contributed by atoms with Crippen LogP contribution in [0.5, 0.6) is 0 Å². The van der Waals surface area contributed by atoms with Gasteiger partial charge in [0.1, 0.15) is 10.8 Å². The van der Waals surface area contributed by atoms with Crippen molar-refractivity contribution in [1.29, 1.82) is 0 Å². The third-order valence-electron chi connectivity index (χ3n) is 6.89. The van der Waals surface area contributed by atoms with Gasteiger partial charge < -0.3 is 20.5 Å². The number of carbonyl (C=O) groups excluding carboxylic acids is 2. The average molecular weight is 517 g/mol. The number of carbonyl (C=O) groups is 2. The molecule has 5 rings (SSSR count). The highest BCUT2D eigenvalue weighted by Crippen LogP contribution is 2.33. The predicted molar refractivity (Wildman–Crippen MR) is 146 cm³/mol. The minimum absolute atomic E-state index is 0.00905. The number of nitrogens with one attached hydrogen (secondary N) is 1. The molecule has 0 bridgehead atoms. The van der Waals surface area contributed by atoms with Gasteiger partial charge in [0.15, 0.2) is 0 Å². The Morgan fingerprint density at radius 1 is 1.14 bits per heavy atom. The molecular weight excluding hydrogens is 484 g/mol. The lowest BCUT2D eigenvalue weighted by molar-refractivity contribution is -0.134. The maximum Gasteiger partial charge on any atom is 0.223 e. The zero-order valence-corrected chi connectivity index (χ0v) is 22.1. The summed E-state index contributed by atoms with van der Waals surface area (Å²) in [6.07, 6.45) is 2.23. The maximum atomic E-state index is 12.9. The minimum Gasteiger partial charge on any atom is -0.399 e. The minimum atomic E-state index is -0.142. The third kappa shape index (κ3) is 5.67. The lowest BCUT2D eigenvalue weighted by atomic mass is 10.0. The number of fused-ring (bicyclic) bond motifs is 1. The highest BCUT2D eigenvalue weighted by molar-refractivity contribution is 7.09. The fraction of sp³-hybridized carbons (Fsp3) is 0.357. The van der Waals surface area contributed by atoms with Gasteiger partial charge in [-0.1, -0.05) is 18.2 Å². The summed E-state index contributed by atoms with van der Waals surface area (Å²) >= 11 is 1.53. The predicted octanol–water partition coefficient (Wildman–Crippen LogP) is 4.50. The molecule has 3 heterocycles. The molecule has 1 aliphatic rings. The molecule has 1 saturated heterocycles. The van der Waals surface area contributed by atoms with E-state index in [1.54, 1.807) is 0 Å². The van der Waals surface area contributed by atoms with E-state index in [2.05, 4.69) is 33.9 Å². The van der Waals surface area contributed by atoms with Crippen LogP contribution in [-0.4, -0.2) is 37.8 Å². The van der Waals surface area contributed by atoms with Gasteiger partial charge >= 0.3 is 0 Å². The van der Waals surface area contributed by atoms with Crippen LogP contribution in [0.15, 0.2) is 47.8 Å². The number of nitrogens with zero attached hydrogens (tertiary/aromatic N) is 4. The number of anilines is 1. The first kappa shape index (κ1) is 25.0. The average Bonchev–Trinajstić information content (AvgIpc) is 3.61. The molecule has 0 saturated carbocycles. The largest absolute Gasteiger partial charge is 0.399 e. The quantitative estimate of drug-likeness (QED) is 0.336. The molecule has 192 valence electrons. The van der Waals surface area contributed by atoms with Crippen LogP contribution in [0.1, 0.15) is 59.4 Å². The van der Waals surface area contributed by atoms with E-state index in [-0.39, 0.29) is 30.7 Å². The van der Waals surface area contributed by atoms with E-state index in [9.17, 15) is 9.59 Å². The summed E-state index contributed by atoms with van der Waals surface area (Å²) in [5.74, 6) is 0.815. The van der Waals surface area contributed by atoms with Gasteiger partial charge in [-0.05, 0) is 62.1 Å². The van der Waals surface area contributed by atoms with Crippen LogP contribution in [-0.2, 0) is 22.7 Å². The van der Waals surface area contributed by atoms with E-state index in [0.29, 0.717) is 25.3 Å². The lowest BCUT2D eigenvalue weighted by Crippen LogP contribution is -2.32. The Bertz CT molecular complexity index is 1440. The molecule has 2 aromatic heterocycles. The van der Waals surface area contributed by atoms with Crippen molar-refractivity contribution in [2.24, 2.45) is 0 Å². The summed E-state index contributed by atoms with van der Waals surface area (Å²) < 4.78 is 2.17. The highest BCUT2D eigenvalue weighted by Gasteiger charge is 2.30. The zero-order valence-electron chi connectivity index (χ0n) is 21.2. The number of aryl methyl sites for hydroxylation is 2. The van der Waals surface area contributed by atoms with Gasteiger partial charge in [0, 0.05) is 30.5 Å². The first-order valence-electron chi connectivity index (χ1n) is 12.7. The number of imidazole rings is 1. The van der Waals surface area contributed by atoms with Crippen LogP contribution >= 0.6 is 11.3 Å². The van der Waals surface area contributed by atoms with Gasteiger partial charge in [0.2, 0.25) is 11.8 Å². The van der Waals surface area contributed by atoms with Gasteiger partial charge in [0.05, 0.1) is 35.9 Å². The lowest BCUT2D eigenvalue weighted by Gasteiger charge is -2.25. The Kier molecular flexibility index (Phi) is 7.23. The van der Waals surface area contributed by atoms with Crippen molar-refractivity contribution >= 4 is 39.9 Å². The van der Waals surface area contributed by atoms with Gasteiger partial charge in [0.25, 0.3) is 0 Å². The van der Waals surface area contributed by atoms with Crippen molar-refractivity contribution in [3.05, 3.63) is 75.5 Å². The Morgan fingerprint density at radius 3 is 2.84 bits per heavy atom. The zero-order chi connectivity index (χ0) is 25.9. The number of hydrogen-bond donors (Lipinski definition) is 2. The van der Waals surface area contributed by atoms with E-state index in [1.807, 2.05) is 47.5 Å². The second-order valence-electron chi connectivity index (χ2n) is 9.66. The number of benzene rings is 2. The first-order chi connectivity index (χ1) is 17.9. The summed E-state index contributed by atoms with van der Waals surface area (Å²) in [7, 11) is 0. The van der Waals surface area contributed by atoms with Crippen molar-refractivity contribution in [2.75, 3.05) is 12.3 Å². The molecule has 0 aliphatic carbocycles. The van der Waals surface area contributed by atoms with E-state index in [0.717, 1.165) is 46.0 Å². The summed E-state index contributed by atoms with van der Waals surface area (Å²) in [5, 5.41) is 5.78. The monoisotopic (exact) mass is 516 g/mol. The van der Waals surface area contributed by atoms with E-state index in [1.165, 1.54) is 16.9 Å². The summed E-state index contributed by atoms with van der Waals surface area (Å²) in [6.45, 7) is 5.79. The maximum absolute atomic E-state index is 12.9. The molecular formula is C28H32N6O2S. The molecule has 2 amide bonds. The summed E-state index contributed by atoms with van der Waals surface area (Å²) in [4.78, 5) is 36.6. The summed E-state index contributed by atoms with van der Waals surface area (Å²) in [6, 6.07) is 14.0. The van der Waals surface area contributed by atoms with Crippen molar-refractivity contribution in [3.63, 3.8) is 0 Å². The van der Waals surface area contributed by atoms with Crippen LogP contribution in [0.2, 0.25) is 0 Å². The second kappa shape index (κ2) is 10.7. The Balaban J connectivity index is 1.12. The topological polar surface area (TPSA) is 106 Å². The molecule has 1 fully saturated rings. The second-order valence-corrected chi connectivity index (χ2v) is 10.6. The number of likely N-dealkylation sites (tertiary alicyclic amines) is 1. The molecule has 1 aliphatic heterocycles. The van der Waals surface area contributed by atoms with E-state index >= 15 is 0 Å². The molecule has 1 unspecified atom stereocenters. The van der Waals surface area contributed by atoms with E-state index < -0.39 is 0 Å². The molecule has 0 radical (unpaired) electrons. The fourth-order valence-corrected chi connectivity index (χ4v) is 5.75. The highest BCUT2D eigenvalue weighted by atomic mass is 32.1. The van der Waals surface area contributed by atoms with E-state index in [4.69, 9.17) is 10.7 Å². The molecule has 8 nitrogen and oxygen atoms in total. The standard InChI is InChI=1S/C28H32N6O2S/c1-18-8-9-23-25(13-18)34(19(2)31-23)16-22-17-37-27(32-22)15-30-26(35)10-11-28(36)33-12-4-7-24(33)20-5-3-6-21(29)14-20/h3,5-6,8-9,13-14,17,24H,4,7,10-12,15-16,29H2,1-2H3,(H,30,35). The molecule has 37 heavy (non-hydrogen) atoms. The third-order valence-corrected chi connectivity index (χ3v) is 7.78. The van der Waals surface area contributed by atoms with Crippen molar-refractivity contribution in [3.8, 4) is 0 Å². The smallest absolute Gasteiger partial charge is 0.223 e. The molecule has 1 atom stereocenters. The molecule has 0 spiro atoms. The normalized spacial score (nSPS) is 15.4. The van der Waals surface area contributed by atoms with Crippen molar-refractivity contribution in [2.45, 2.75) is 58.7 Å². The fourth-order valence-electron chi connectivity index (χ4n) is 5.02. The molecule has 9 heteroatoms. The SMILES string of the molecule is Cc1ccc2nc(C)n(Cc3csc(CNC(=O)CCC(=O)N4CCCC4c4cccc(N)c4)n3)c2c1. The van der Waals surface area contributed by atoms with Crippen LogP contribution < -0.4 is 11.1 Å². The number of aromatic nitrogens is 3. The molecule has 4 aromatic rings. The van der Waals surface area contributed by atoms with Gasteiger partial charge in [-0.2, -0.15) is 0 Å². The Labute approximate surface area is 220 Å². The number of thiazole rings is 1. The van der Waals surface area contributed by atoms with Crippen molar-refractivity contribution in [1.82, 2.24) is 24.8 Å². The Morgan fingerprint density at radius 2 is 2.00 bits per heavy atom. The van der Waals surface area contributed by atoms with Gasteiger partial charge in [-0.15, -0.1) is 11.3 Å². The van der Waals surface area contributed by atoms with Gasteiger partial charge in [-0.25, -0.2) is 9.97 Å². The molecule has 3 N–H and O–H groups in total. The first-order valence-corrected chi connectivity index (χ1v) is 13.5. The van der Waals surface area contributed by atoms with Crippen LogP contribution in [0.4, 0.5) is 5.69 Å². The van der Waals surface area contributed by atoms with Crippen LogP contribution in [0, 0.1) is 13.8 Å². The van der Waals surface area contributed by atoms with Crippen molar-refractivity contribution < 1.29 is 9.59 Å². The number of rotatable bonds is 8. The molecule has 2 aromatic carbocycles. The number of hydrogen-bond acceptors (Lipinski definition) is 6. The van der Waals surface area contributed by atoms with Gasteiger partial charge in [-0.3, -0.25) is 9.59 Å². The number of nitrogens with two attached hydrogens (primary N) is 1. The van der Waals surface area contributed by atoms with Crippen LogP contribution in [0.25, 0.3) is 11.0 Å².